The number of hydrogen-bond acceptors (Lipinski definition) is 5. The summed E-state index contributed by atoms with van der Waals surface area (Å²) in [6.07, 6.45) is 2.76. The number of hydrogen-bond donors (Lipinski definition) is 0. The minimum absolute atomic E-state index is 0.0857. The second-order valence-corrected chi connectivity index (χ2v) is 2.87. The quantitative estimate of drug-likeness (QED) is 0.640. The van der Waals surface area contributed by atoms with Crippen molar-refractivity contribution in [2.75, 3.05) is 20.7 Å². The molecule has 1 amide bonds. The third-order valence-corrected chi connectivity index (χ3v) is 1.77. The molecule has 0 fully saturated rings. The van der Waals surface area contributed by atoms with Crippen LogP contribution in [-0.4, -0.2) is 47.7 Å². The second-order valence-electron chi connectivity index (χ2n) is 2.87. The third kappa shape index (κ3) is 3.01. The highest BCUT2D eigenvalue weighted by Crippen LogP contribution is 1.99. The number of aromatic nitrogens is 2. The molecule has 0 radical (unpaired) electrons. The first-order chi connectivity index (χ1) is 7.15. The van der Waals surface area contributed by atoms with Gasteiger partial charge < -0.3 is 9.64 Å². The van der Waals surface area contributed by atoms with Gasteiger partial charge >= 0.3 is 5.97 Å². The number of amides is 1. The largest absolute Gasteiger partial charge is 0.468 e. The highest BCUT2D eigenvalue weighted by Gasteiger charge is 2.14. The van der Waals surface area contributed by atoms with E-state index in [9.17, 15) is 9.59 Å². The maximum Gasteiger partial charge on any atom is 0.325 e. The predicted octanol–water partition coefficient (Wildman–Crippen LogP) is -0.278. The Labute approximate surface area is 86.9 Å². The Hall–Kier alpha value is -1.98. The first-order valence-corrected chi connectivity index (χ1v) is 4.24. The molecule has 0 aliphatic carbocycles. The molecule has 0 aromatic carbocycles. The van der Waals surface area contributed by atoms with Crippen molar-refractivity contribution in [1.82, 2.24) is 15.1 Å². The molecule has 0 aliphatic heterocycles. The van der Waals surface area contributed by atoms with Gasteiger partial charge in [-0.25, -0.2) is 0 Å². The van der Waals surface area contributed by atoms with E-state index in [1.165, 1.54) is 37.5 Å². The van der Waals surface area contributed by atoms with Gasteiger partial charge in [-0.15, -0.1) is 0 Å². The van der Waals surface area contributed by atoms with Crippen molar-refractivity contribution in [3.8, 4) is 0 Å². The minimum atomic E-state index is -0.465. The molecular weight excluding hydrogens is 198 g/mol. The third-order valence-electron chi connectivity index (χ3n) is 1.77. The molecule has 1 aromatic heterocycles. The van der Waals surface area contributed by atoms with E-state index in [0.717, 1.165) is 0 Å². The highest BCUT2D eigenvalue weighted by atomic mass is 16.5. The molecule has 1 rings (SSSR count). The summed E-state index contributed by atoms with van der Waals surface area (Å²) in [5.74, 6) is -0.761. The van der Waals surface area contributed by atoms with Crippen LogP contribution >= 0.6 is 0 Å². The van der Waals surface area contributed by atoms with Crippen LogP contribution in [0.1, 0.15) is 10.4 Å². The molecule has 0 unspecified atom stereocenters. The van der Waals surface area contributed by atoms with Gasteiger partial charge in [-0.05, 0) is 6.07 Å². The van der Waals surface area contributed by atoms with Crippen LogP contribution in [0.3, 0.4) is 0 Å². The van der Waals surface area contributed by atoms with Crippen molar-refractivity contribution >= 4 is 11.9 Å². The smallest absolute Gasteiger partial charge is 0.325 e. The molecule has 1 aromatic rings. The second kappa shape index (κ2) is 5.04. The predicted molar refractivity (Wildman–Crippen MR) is 51.0 cm³/mol. The maximum atomic E-state index is 11.6. The van der Waals surface area contributed by atoms with Gasteiger partial charge in [0.2, 0.25) is 0 Å². The van der Waals surface area contributed by atoms with E-state index < -0.39 is 5.97 Å². The summed E-state index contributed by atoms with van der Waals surface area (Å²) >= 11 is 0. The van der Waals surface area contributed by atoms with Crippen molar-refractivity contribution in [3.05, 3.63) is 24.0 Å². The lowest BCUT2D eigenvalue weighted by Crippen LogP contribution is -2.32. The summed E-state index contributed by atoms with van der Waals surface area (Å²) in [7, 11) is 2.79. The van der Waals surface area contributed by atoms with Crippen LogP contribution in [0.15, 0.2) is 18.5 Å². The first kappa shape index (κ1) is 11.1. The summed E-state index contributed by atoms with van der Waals surface area (Å²) in [4.78, 5) is 23.8. The molecule has 0 atom stereocenters. The molecule has 80 valence electrons. The Kier molecular flexibility index (Phi) is 3.73. The molecule has 0 saturated carbocycles. The van der Waals surface area contributed by atoms with Crippen LogP contribution in [0.25, 0.3) is 0 Å². The van der Waals surface area contributed by atoms with E-state index >= 15 is 0 Å². The molecule has 0 bridgehead atoms. The Bertz CT molecular complexity index is 353. The van der Waals surface area contributed by atoms with Gasteiger partial charge in [0.25, 0.3) is 5.91 Å². The molecule has 0 N–H and O–H groups in total. The Balaban J connectivity index is 2.65. The Morgan fingerprint density at radius 1 is 1.47 bits per heavy atom. The SMILES string of the molecule is COC(=O)CN(C)C(=O)c1ccnnc1. The van der Waals surface area contributed by atoms with E-state index in [1.807, 2.05) is 0 Å². The minimum Gasteiger partial charge on any atom is -0.468 e. The summed E-state index contributed by atoms with van der Waals surface area (Å²) in [6, 6.07) is 1.53. The Morgan fingerprint density at radius 3 is 2.73 bits per heavy atom. The first-order valence-electron chi connectivity index (χ1n) is 4.24. The van der Waals surface area contributed by atoms with E-state index in [0.29, 0.717) is 5.56 Å². The number of carbonyl (C=O) groups is 2. The van der Waals surface area contributed by atoms with Gasteiger partial charge in [0, 0.05) is 7.05 Å². The number of carbonyl (C=O) groups excluding carboxylic acids is 2. The van der Waals surface area contributed by atoms with Gasteiger partial charge in [-0.2, -0.15) is 10.2 Å². The van der Waals surface area contributed by atoms with E-state index in [4.69, 9.17) is 0 Å². The van der Waals surface area contributed by atoms with Crippen molar-refractivity contribution in [1.29, 1.82) is 0 Å². The monoisotopic (exact) mass is 209 g/mol. The van der Waals surface area contributed by atoms with Crippen molar-refractivity contribution in [2.45, 2.75) is 0 Å². The van der Waals surface area contributed by atoms with Gasteiger partial charge in [-0.3, -0.25) is 9.59 Å². The van der Waals surface area contributed by atoms with Crippen LogP contribution in [-0.2, 0) is 9.53 Å². The fraction of sp³-hybridized carbons (Fsp3) is 0.333. The number of nitrogens with zero attached hydrogens (tertiary/aromatic N) is 3. The molecule has 0 spiro atoms. The average molecular weight is 209 g/mol. The maximum absolute atomic E-state index is 11.6. The van der Waals surface area contributed by atoms with E-state index in [2.05, 4.69) is 14.9 Å². The number of likely N-dealkylation sites (N-methyl/N-ethyl adjacent to an activating group) is 1. The topological polar surface area (TPSA) is 72.4 Å². The Morgan fingerprint density at radius 2 is 2.20 bits per heavy atom. The summed E-state index contributed by atoms with van der Waals surface area (Å²) < 4.78 is 4.45. The van der Waals surface area contributed by atoms with Crippen LogP contribution in [0.5, 0.6) is 0 Å². The average Bonchev–Trinajstić information content (AvgIpc) is 2.29. The number of methoxy groups -OCH3 is 1. The lowest BCUT2D eigenvalue weighted by atomic mass is 10.3. The number of esters is 1. The van der Waals surface area contributed by atoms with Crippen LogP contribution in [0, 0.1) is 0 Å². The van der Waals surface area contributed by atoms with Crippen LogP contribution in [0.2, 0.25) is 0 Å². The van der Waals surface area contributed by atoms with Crippen molar-refractivity contribution < 1.29 is 14.3 Å². The molecule has 6 heteroatoms. The van der Waals surface area contributed by atoms with Crippen LogP contribution in [0.4, 0.5) is 0 Å². The van der Waals surface area contributed by atoms with Crippen molar-refractivity contribution in [3.63, 3.8) is 0 Å². The fourth-order valence-electron chi connectivity index (χ4n) is 0.968. The summed E-state index contributed by atoms with van der Waals surface area (Å²) in [5.41, 5.74) is 0.386. The molecule has 1 heterocycles. The standard InChI is InChI=1S/C9H11N3O3/c1-12(6-8(13)15-2)9(14)7-3-4-10-11-5-7/h3-5H,6H2,1-2H3. The van der Waals surface area contributed by atoms with Crippen LogP contribution < -0.4 is 0 Å². The highest BCUT2D eigenvalue weighted by molar-refractivity contribution is 5.95. The van der Waals surface area contributed by atoms with Gasteiger partial charge in [0.1, 0.15) is 6.54 Å². The lowest BCUT2D eigenvalue weighted by Gasteiger charge is -2.14. The van der Waals surface area contributed by atoms with Crippen molar-refractivity contribution in [2.24, 2.45) is 0 Å². The van der Waals surface area contributed by atoms with Gasteiger partial charge in [-0.1, -0.05) is 0 Å². The van der Waals surface area contributed by atoms with Gasteiger partial charge in [0.15, 0.2) is 0 Å². The molecule has 0 saturated heterocycles. The van der Waals surface area contributed by atoms with E-state index in [1.54, 1.807) is 0 Å². The fourth-order valence-corrected chi connectivity index (χ4v) is 0.968. The molecular formula is C9H11N3O3. The summed E-state index contributed by atoms with van der Waals surface area (Å²) in [6.45, 7) is -0.0857. The molecule has 6 nitrogen and oxygen atoms in total. The normalized spacial score (nSPS) is 9.47. The van der Waals surface area contributed by atoms with E-state index in [-0.39, 0.29) is 12.5 Å². The zero-order valence-corrected chi connectivity index (χ0v) is 8.51. The zero-order valence-electron chi connectivity index (χ0n) is 8.51. The lowest BCUT2D eigenvalue weighted by molar-refractivity contribution is -0.141. The van der Waals surface area contributed by atoms with Gasteiger partial charge in [0.05, 0.1) is 25.1 Å². The zero-order chi connectivity index (χ0) is 11.3. The number of rotatable bonds is 3. The summed E-state index contributed by atoms with van der Waals surface area (Å²) in [5, 5.41) is 7.13. The molecule has 0 aliphatic rings. The molecule has 15 heavy (non-hydrogen) atoms. The number of ether oxygens (including phenoxy) is 1.